The van der Waals surface area contributed by atoms with Crippen molar-refractivity contribution in [3.8, 4) is 0 Å². The fraction of sp³-hybridized carbons (Fsp3) is 0.455. The first-order valence-corrected chi connectivity index (χ1v) is 10.0. The van der Waals surface area contributed by atoms with E-state index < -0.39 is 0 Å². The van der Waals surface area contributed by atoms with E-state index in [1.165, 1.54) is 37.1 Å². The van der Waals surface area contributed by atoms with Gasteiger partial charge in [0, 0.05) is 34.2 Å². The standard InChI is InChI=1S/C22H32N6/c1-23-22(25-16-20-7-6-8-21(26-20)27(2)3)24-15-18-9-11-19(12-10-18)17-28-13-4-5-14-28/h6-12H,4-5,13-17H2,1-3H3,(H2,23,24,25). The summed E-state index contributed by atoms with van der Waals surface area (Å²) >= 11 is 0. The van der Waals surface area contributed by atoms with E-state index >= 15 is 0 Å². The highest BCUT2D eigenvalue weighted by Crippen LogP contribution is 2.13. The second-order valence-corrected chi connectivity index (χ2v) is 7.46. The zero-order valence-electron chi connectivity index (χ0n) is 17.3. The van der Waals surface area contributed by atoms with Crippen molar-refractivity contribution in [3.63, 3.8) is 0 Å². The van der Waals surface area contributed by atoms with E-state index in [-0.39, 0.29) is 0 Å². The van der Waals surface area contributed by atoms with Gasteiger partial charge >= 0.3 is 0 Å². The summed E-state index contributed by atoms with van der Waals surface area (Å²) in [6, 6.07) is 14.9. The van der Waals surface area contributed by atoms with Gasteiger partial charge in [-0.1, -0.05) is 30.3 Å². The average molecular weight is 381 g/mol. The number of anilines is 1. The molecule has 1 saturated heterocycles. The van der Waals surface area contributed by atoms with Gasteiger partial charge in [-0.15, -0.1) is 0 Å². The minimum absolute atomic E-state index is 0.635. The van der Waals surface area contributed by atoms with Crippen LogP contribution in [0.25, 0.3) is 0 Å². The van der Waals surface area contributed by atoms with E-state index in [2.05, 4.69) is 49.8 Å². The predicted molar refractivity (Wildman–Crippen MR) is 117 cm³/mol. The quantitative estimate of drug-likeness (QED) is 0.571. The Hall–Kier alpha value is -2.60. The zero-order valence-corrected chi connectivity index (χ0v) is 17.3. The van der Waals surface area contributed by atoms with Crippen molar-refractivity contribution >= 4 is 11.8 Å². The Bertz CT molecular complexity index is 763. The number of nitrogens with one attached hydrogen (secondary N) is 2. The Kier molecular flexibility index (Phi) is 7.25. The van der Waals surface area contributed by atoms with Crippen LogP contribution in [-0.4, -0.2) is 50.1 Å². The molecule has 1 aromatic carbocycles. The molecule has 0 bridgehead atoms. The fourth-order valence-corrected chi connectivity index (χ4v) is 3.36. The zero-order chi connectivity index (χ0) is 19.8. The van der Waals surface area contributed by atoms with E-state index in [1.54, 1.807) is 7.05 Å². The van der Waals surface area contributed by atoms with Gasteiger partial charge in [-0.2, -0.15) is 0 Å². The van der Waals surface area contributed by atoms with Crippen molar-refractivity contribution in [2.75, 3.05) is 39.1 Å². The van der Waals surface area contributed by atoms with Crippen LogP contribution in [0, 0.1) is 0 Å². The molecule has 1 aliphatic rings. The molecule has 28 heavy (non-hydrogen) atoms. The summed E-state index contributed by atoms with van der Waals surface area (Å²) in [5, 5.41) is 6.71. The largest absolute Gasteiger partial charge is 0.363 e. The van der Waals surface area contributed by atoms with Crippen LogP contribution in [0.1, 0.15) is 29.7 Å². The number of likely N-dealkylation sites (tertiary alicyclic amines) is 1. The molecule has 6 heteroatoms. The SMILES string of the molecule is CN=C(NCc1ccc(CN2CCCC2)cc1)NCc1cccc(N(C)C)n1. The Morgan fingerprint density at radius 2 is 1.68 bits per heavy atom. The van der Waals surface area contributed by atoms with Crippen molar-refractivity contribution in [2.45, 2.75) is 32.5 Å². The van der Waals surface area contributed by atoms with Gasteiger partial charge < -0.3 is 15.5 Å². The van der Waals surface area contributed by atoms with Gasteiger partial charge in [0.1, 0.15) is 5.82 Å². The predicted octanol–water partition coefficient (Wildman–Crippen LogP) is 2.61. The molecule has 2 aromatic rings. The highest BCUT2D eigenvalue weighted by Gasteiger charge is 2.11. The Morgan fingerprint density at radius 1 is 1.00 bits per heavy atom. The molecule has 6 nitrogen and oxygen atoms in total. The molecule has 0 aliphatic carbocycles. The molecule has 2 N–H and O–H groups in total. The number of benzene rings is 1. The third-order valence-corrected chi connectivity index (χ3v) is 5.00. The summed E-state index contributed by atoms with van der Waals surface area (Å²) in [5.74, 6) is 1.73. The van der Waals surface area contributed by atoms with Crippen molar-refractivity contribution < 1.29 is 0 Å². The minimum atomic E-state index is 0.635. The van der Waals surface area contributed by atoms with E-state index in [0.717, 1.165) is 30.6 Å². The second kappa shape index (κ2) is 10.1. The molecule has 0 saturated carbocycles. The van der Waals surface area contributed by atoms with Gasteiger partial charge in [-0.05, 0) is 49.2 Å². The molecular formula is C22H32N6. The molecule has 0 spiro atoms. The summed E-state index contributed by atoms with van der Waals surface area (Å²) in [7, 11) is 5.78. The molecule has 150 valence electrons. The monoisotopic (exact) mass is 380 g/mol. The van der Waals surface area contributed by atoms with Gasteiger partial charge in [-0.25, -0.2) is 4.98 Å². The smallest absolute Gasteiger partial charge is 0.191 e. The van der Waals surface area contributed by atoms with E-state index in [4.69, 9.17) is 0 Å². The fourth-order valence-electron chi connectivity index (χ4n) is 3.36. The van der Waals surface area contributed by atoms with Crippen LogP contribution in [0.15, 0.2) is 47.5 Å². The van der Waals surface area contributed by atoms with Crippen LogP contribution < -0.4 is 15.5 Å². The van der Waals surface area contributed by atoms with Crippen molar-refractivity contribution in [1.82, 2.24) is 20.5 Å². The summed E-state index contributed by atoms with van der Waals surface area (Å²) in [4.78, 5) is 13.5. The number of guanidine groups is 1. The number of nitrogens with zero attached hydrogens (tertiary/aromatic N) is 4. The van der Waals surface area contributed by atoms with Gasteiger partial charge in [-0.3, -0.25) is 9.89 Å². The van der Waals surface area contributed by atoms with Gasteiger partial charge in [0.15, 0.2) is 5.96 Å². The lowest BCUT2D eigenvalue weighted by Gasteiger charge is -2.15. The van der Waals surface area contributed by atoms with Gasteiger partial charge in [0.05, 0.1) is 12.2 Å². The van der Waals surface area contributed by atoms with E-state index in [9.17, 15) is 0 Å². The molecular weight excluding hydrogens is 348 g/mol. The molecule has 0 amide bonds. The lowest BCUT2D eigenvalue weighted by Crippen LogP contribution is -2.36. The molecule has 2 heterocycles. The molecule has 1 aliphatic heterocycles. The molecule has 3 rings (SSSR count). The maximum Gasteiger partial charge on any atom is 0.191 e. The number of aromatic nitrogens is 1. The summed E-state index contributed by atoms with van der Waals surface area (Å²) in [5.41, 5.74) is 3.63. The minimum Gasteiger partial charge on any atom is -0.363 e. The third kappa shape index (κ3) is 5.96. The lowest BCUT2D eigenvalue weighted by molar-refractivity contribution is 0.331. The maximum absolute atomic E-state index is 4.63. The van der Waals surface area contributed by atoms with Crippen LogP contribution >= 0.6 is 0 Å². The second-order valence-electron chi connectivity index (χ2n) is 7.46. The number of hydrogen-bond donors (Lipinski definition) is 2. The first kappa shape index (κ1) is 20.1. The van der Waals surface area contributed by atoms with Crippen LogP contribution in [0.2, 0.25) is 0 Å². The van der Waals surface area contributed by atoms with E-state index in [1.807, 2.05) is 37.2 Å². The first-order chi connectivity index (χ1) is 13.6. The number of pyridine rings is 1. The Balaban J connectivity index is 1.46. The third-order valence-electron chi connectivity index (χ3n) is 5.00. The van der Waals surface area contributed by atoms with Crippen LogP contribution in [0.3, 0.4) is 0 Å². The van der Waals surface area contributed by atoms with Crippen LogP contribution in [0.5, 0.6) is 0 Å². The average Bonchev–Trinajstić information content (AvgIpc) is 3.22. The van der Waals surface area contributed by atoms with Crippen molar-refractivity contribution in [1.29, 1.82) is 0 Å². The van der Waals surface area contributed by atoms with Crippen LogP contribution in [0.4, 0.5) is 5.82 Å². The summed E-state index contributed by atoms with van der Waals surface area (Å²) in [6.07, 6.45) is 2.67. The molecule has 1 fully saturated rings. The normalized spacial score (nSPS) is 14.9. The van der Waals surface area contributed by atoms with E-state index in [0.29, 0.717) is 6.54 Å². The highest BCUT2D eigenvalue weighted by atomic mass is 15.2. The maximum atomic E-state index is 4.63. The van der Waals surface area contributed by atoms with Crippen LogP contribution in [-0.2, 0) is 19.6 Å². The number of hydrogen-bond acceptors (Lipinski definition) is 4. The van der Waals surface area contributed by atoms with Crippen molar-refractivity contribution in [2.24, 2.45) is 4.99 Å². The molecule has 1 aromatic heterocycles. The lowest BCUT2D eigenvalue weighted by atomic mass is 10.1. The topological polar surface area (TPSA) is 55.8 Å². The van der Waals surface area contributed by atoms with Gasteiger partial charge in [0.25, 0.3) is 0 Å². The Morgan fingerprint density at radius 3 is 2.36 bits per heavy atom. The summed E-state index contributed by atoms with van der Waals surface area (Å²) in [6.45, 7) is 4.91. The molecule has 0 unspecified atom stereocenters. The van der Waals surface area contributed by atoms with Gasteiger partial charge in [0.2, 0.25) is 0 Å². The first-order valence-electron chi connectivity index (χ1n) is 10.0. The summed E-state index contributed by atoms with van der Waals surface area (Å²) < 4.78 is 0. The number of rotatable bonds is 7. The Labute approximate surface area is 168 Å². The van der Waals surface area contributed by atoms with Crippen molar-refractivity contribution in [3.05, 3.63) is 59.3 Å². The highest BCUT2D eigenvalue weighted by molar-refractivity contribution is 5.79. The number of aliphatic imine (C=N–C) groups is 1. The molecule has 0 atom stereocenters. The molecule has 0 radical (unpaired) electrons.